The molecule has 0 unspecified atom stereocenters. The molecule has 0 saturated heterocycles. The van der Waals surface area contributed by atoms with Gasteiger partial charge >= 0.3 is 0 Å². The molecule has 1 nitrogen and oxygen atoms in total. The molecule has 28 heavy (non-hydrogen) atoms. The Morgan fingerprint density at radius 1 is 0.750 bits per heavy atom. The lowest BCUT2D eigenvalue weighted by Gasteiger charge is -2.30. The Balaban J connectivity index is 2.28. The highest BCUT2D eigenvalue weighted by Crippen LogP contribution is 2.37. The maximum Gasteiger partial charge on any atom is 0.148 e. The summed E-state index contributed by atoms with van der Waals surface area (Å²) in [6.45, 7) is 6.64. The van der Waals surface area contributed by atoms with Crippen molar-refractivity contribution in [2.75, 3.05) is 0 Å². The molecule has 0 bridgehead atoms. The average Bonchev–Trinajstić information content (AvgIpc) is 2.72. The predicted molar refractivity (Wildman–Crippen MR) is 121 cm³/mol. The molecule has 0 saturated carbocycles. The van der Waals surface area contributed by atoms with E-state index in [-0.39, 0.29) is 0 Å². The summed E-state index contributed by atoms with van der Waals surface area (Å²) in [4.78, 5) is 0. The third-order valence-corrected chi connectivity index (χ3v) is 5.33. The molecule has 2 heteroatoms. The number of rotatable bonds is 4. The first-order chi connectivity index (χ1) is 13.4. The molecule has 0 heterocycles. The largest absolute Gasteiger partial charge is 0.375 e. The van der Waals surface area contributed by atoms with E-state index < -0.39 is 13.7 Å². The van der Waals surface area contributed by atoms with Crippen LogP contribution in [0.4, 0.5) is 0 Å². The smallest absolute Gasteiger partial charge is 0.148 e. The molecule has 0 aromatic heterocycles. The van der Waals surface area contributed by atoms with Crippen LogP contribution < -0.4 is 0 Å². The minimum atomic E-state index is -1.63. The Bertz CT molecular complexity index is 949. The molecule has 140 valence electrons. The van der Waals surface area contributed by atoms with Gasteiger partial charge in [-0.25, -0.2) is 0 Å². The lowest BCUT2D eigenvalue weighted by Crippen LogP contribution is -2.30. The van der Waals surface area contributed by atoms with Crippen LogP contribution in [0.25, 0.3) is 6.08 Å². The van der Waals surface area contributed by atoms with Gasteiger partial charge in [0.05, 0.1) is 0 Å². The van der Waals surface area contributed by atoms with Crippen molar-refractivity contribution in [2.45, 2.75) is 25.2 Å². The van der Waals surface area contributed by atoms with E-state index in [0.717, 1.165) is 16.7 Å². The van der Waals surface area contributed by atoms with Crippen molar-refractivity contribution >= 4 is 14.1 Å². The fourth-order valence-electron chi connectivity index (χ4n) is 3.04. The van der Waals surface area contributed by atoms with Crippen LogP contribution in [0.2, 0.25) is 19.6 Å². The van der Waals surface area contributed by atoms with Gasteiger partial charge in [-0.1, -0.05) is 117 Å². The van der Waals surface area contributed by atoms with E-state index in [1.54, 1.807) is 0 Å². The van der Waals surface area contributed by atoms with Gasteiger partial charge in [0.25, 0.3) is 0 Å². The Morgan fingerprint density at radius 2 is 1.18 bits per heavy atom. The van der Waals surface area contributed by atoms with Gasteiger partial charge in [0, 0.05) is 5.57 Å². The van der Waals surface area contributed by atoms with Crippen molar-refractivity contribution in [1.82, 2.24) is 0 Å². The van der Waals surface area contributed by atoms with Crippen LogP contribution in [-0.4, -0.2) is 13.2 Å². The minimum Gasteiger partial charge on any atom is -0.375 e. The molecule has 3 rings (SSSR count). The monoisotopic (exact) mass is 382 g/mol. The molecule has 0 amide bonds. The molecule has 0 aliphatic heterocycles. The highest BCUT2D eigenvalue weighted by atomic mass is 28.3. The summed E-state index contributed by atoms with van der Waals surface area (Å²) in [6, 6.07) is 29.6. The highest BCUT2D eigenvalue weighted by Gasteiger charge is 2.35. The zero-order valence-corrected chi connectivity index (χ0v) is 17.7. The first-order valence-corrected chi connectivity index (χ1v) is 13.0. The second-order valence-corrected chi connectivity index (χ2v) is 12.7. The van der Waals surface area contributed by atoms with E-state index in [9.17, 15) is 5.11 Å². The molecular weight excluding hydrogens is 356 g/mol. The van der Waals surface area contributed by atoms with Gasteiger partial charge in [0.15, 0.2) is 0 Å². The van der Waals surface area contributed by atoms with E-state index >= 15 is 0 Å². The summed E-state index contributed by atoms with van der Waals surface area (Å²) in [7, 11) is -1.63. The molecule has 1 N–H and O–H groups in total. The number of hydrogen-bond donors (Lipinski definition) is 1. The summed E-state index contributed by atoms with van der Waals surface area (Å²) in [5.41, 5.74) is 5.47. The molecule has 0 aliphatic carbocycles. The third-order valence-electron chi connectivity index (χ3n) is 4.46. The van der Waals surface area contributed by atoms with Crippen LogP contribution >= 0.6 is 0 Å². The Morgan fingerprint density at radius 3 is 1.61 bits per heavy atom. The highest BCUT2D eigenvalue weighted by molar-refractivity contribution is 6.83. The molecule has 0 aliphatic rings. The van der Waals surface area contributed by atoms with Crippen LogP contribution in [0.1, 0.15) is 16.7 Å². The zero-order valence-electron chi connectivity index (χ0n) is 16.7. The fourth-order valence-corrected chi connectivity index (χ4v) is 3.55. The van der Waals surface area contributed by atoms with Gasteiger partial charge in [-0.2, -0.15) is 0 Å². The Kier molecular flexibility index (Phi) is 5.99. The number of aliphatic hydroxyl groups is 1. The van der Waals surface area contributed by atoms with Crippen LogP contribution in [0.5, 0.6) is 0 Å². The Labute approximate surface area is 169 Å². The first kappa shape index (κ1) is 19.9. The molecule has 3 aromatic carbocycles. The summed E-state index contributed by atoms with van der Waals surface area (Å²) in [5.74, 6) is 3.37. The lowest BCUT2D eigenvalue weighted by atomic mass is 9.79. The van der Waals surface area contributed by atoms with Crippen LogP contribution in [0, 0.1) is 11.5 Å². The first-order valence-electron chi connectivity index (χ1n) is 9.53. The molecule has 0 fully saturated rings. The van der Waals surface area contributed by atoms with Gasteiger partial charge in [0.1, 0.15) is 13.7 Å². The molecule has 0 atom stereocenters. The maximum absolute atomic E-state index is 12.1. The number of benzene rings is 3. The van der Waals surface area contributed by atoms with E-state index in [1.807, 2.05) is 97.1 Å². The molecule has 3 aromatic rings. The van der Waals surface area contributed by atoms with Gasteiger partial charge < -0.3 is 5.11 Å². The Hall–Kier alpha value is -2.86. The zero-order chi connectivity index (χ0) is 20.0. The molecular formula is C26H26OSi. The van der Waals surface area contributed by atoms with E-state index in [0.29, 0.717) is 5.57 Å². The standard InChI is InChI=1S/C26H26OSi/c1-28(2,3)20-19-25(21-22-13-7-4-8-14-22)26(27,23-15-9-5-10-16-23)24-17-11-6-12-18-24/h4-18,21,27H,1-3H3/b25-21+. The van der Waals surface area contributed by atoms with Gasteiger partial charge in [-0.05, 0) is 22.8 Å². The minimum absolute atomic E-state index is 0.693. The van der Waals surface area contributed by atoms with E-state index in [2.05, 4.69) is 31.1 Å². The summed E-state index contributed by atoms with van der Waals surface area (Å²) in [6.07, 6.45) is 2.01. The predicted octanol–water partition coefficient (Wildman–Crippen LogP) is 5.89. The van der Waals surface area contributed by atoms with Crippen LogP contribution in [0.3, 0.4) is 0 Å². The molecule has 0 radical (unpaired) electrons. The maximum atomic E-state index is 12.1. The average molecular weight is 383 g/mol. The van der Waals surface area contributed by atoms with Crippen molar-refractivity contribution in [3.05, 3.63) is 113 Å². The van der Waals surface area contributed by atoms with E-state index in [1.165, 1.54) is 0 Å². The van der Waals surface area contributed by atoms with Crippen molar-refractivity contribution < 1.29 is 5.11 Å². The van der Waals surface area contributed by atoms with Gasteiger partial charge in [-0.15, -0.1) is 5.54 Å². The van der Waals surface area contributed by atoms with Crippen molar-refractivity contribution in [2.24, 2.45) is 0 Å². The fraction of sp³-hybridized carbons (Fsp3) is 0.154. The van der Waals surface area contributed by atoms with Crippen molar-refractivity contribution in [3.8, 4) is 11.5 Å². The van der Waals surface area contributed by atoms with Crippen molar-refractivity contribution in [3.63, 3.8) is 0 Å². The summed E-state index contributed by atoms with van der Waals surface area (Å²) >= 11 is 0. The van der Waals surface area contributed by atoms with Gasteiger partial charge in [0.2, 0.25) is 0 Å². The summed E-state index contributed by atoms with van der Waals surface area (Å²) < 4.78 is 0. The second kappa shape index (κ2) is 8.44. The van der Waals surface area contributed by atoms with Crippen LogP contribution in [0.15, 0.2) is 96.6 Å². The van der Waals surface area contributed by atoms with E-state index in [4.69, 9.17) is 0 Å². The molecule has 0 spiro atoms. The topological polar surface area (TPSA) is 20.2 Å². The normalized spacial score (nSPS) is 12.2. The summed E-state index contributed by atoms with van der Waals surface area (Å²) in [5, 5.41) is 12.1. The quantitative estimate of drug-likeness (QED) is 0.441. The second-order valence-electron chi connectivity index (χ2n) is 7.91. The van der Waals surface area contributed by atoms with Crippen molar-refractivity contribution in [1.29, 1.82) is 0 Å². The number of hydrogen-bond acceptors (Lipinski definition) is 1. The van der Waals surface area contributed by atoms with Gasteiger partial charge in [-0.3, -0.25) is 0 Å². The SMILES string of the molecule is C[Si](C)(C)C#C/C(=C\c1ccccc1)C(O)(c1ccccc1)c1ccccc1. The third kappa shape index (κ3) is 4.70. The van der Waals surface area contributed by atoms with Crippen LogP contribution in [-0.2, 0) is 5.60 Å². The lowest BCUT2D eigenvalue weighted by molar-refractivity contribution is 0.127.